The lowest BCUT2D eigenvalue weighted by molar-refractivity contribution is 0.0724. The molecule has 0 saturated heterocycles. The third-order valence-corrected chi connectivity index (χ3v) is 11.5. The Bertz CT molecular complexity index is 670. The first-order chi connectivity index (χ1) is 12.7. The fourth-order valence-electron chi connectivity index (χ4n) is 2.42. The summed E-state index contributed by atoms with van der Waals surface area (Å²) in [7, 11) is -3.13. The van der Waals surface area contributed by atoms with Crippen LogP contribution in [0.1, 0.15) is 56.4 Å². The summed E-state index contributed by atoms with van der Waals surface area (Å²) in [5.74, 6) is -0.0165. The molecule has 0 saturated carbocycles. The molecular formula is C21H40N2O3Si2. The van der Waals surface area contributed by atoms with E-state index in [9.17, 15) is 4.79 Å². The molecule has 0 aliphatic carbocycles. The Morgan fingerprint density at radius 2 is 1.89 bits per heavy atom. The summed E-state index contributed by atoms with van der Waals surface area (Å²) < 4.78 is 14.1. The van der Waals surface area contributed by atoms with Gasteiger partial charge in [-0.2, -0.15) is 5.10 Å². The molecule has 28 heavy (non-hydrogen) atoms. The second-order valence-electron chi connectivity index (χ2n) is 10.2. The van der Waals surface area contributed by atoms with Crippen LogP contribution in [0, 0.1) is 0 Å². The molecule has 0 radical (unpaired) electrons. The van der Waals surface area contributed by atoms with Crippen LogP contribution in [-0.2, 0) is 15.9 Å². The number of aromatic nitrogens is 2. The van der Waals surface area contributed by atoms with Crippen LogP contribution in [0.15, 0.2) is 18.7 Å². The van der Waals surface area contributed by atoms with E-state index in [2.05, 4.69) is 65.2 Å². The molecule has 0 spiro atoms. The fraction of sp³-hybridized carbons (Fsp3) is 0.714. The summed E-state index contributed by atoms with van der Waals surface area (Å²) in [6.45, 7) is 24.5. The number of hydrogen-bond donors (Lipinski definition) is 0. The van der Waals surface area contributed by atoms with Gasteiger partial charge in [-0.3, -0.25) is 4.79 Å². The summed E-state index contributed by atoms with van der Waals surface area (Å²) in [5, 5.41) is 4.78. The van der Waals surface area contributed by atoms with E-state index in [-0.39, 0.29) is 16.9 Å². The fourth-order valence-corrected chi connectivity index (χ4v) is 4.46. The Labute approximate surface area is 173 Å². The van der Waals surface area contributed by atoms with Crippen LogP contribution in [0.25, 0.3) is 0 Å². The third-order valence-electron chi connectivity index (χ3n) is 5.32. The Kier molecular flexibility index (Phi) is 8.62. The number of ketones is 1. The van der Waals surface area contributed by atoms with Crippen molar-refractivity contribution < 1.29 is 14.0 Å². The molecule has 0 amide bonds. The quantitative estimate of drug-likeness (QED) is 0.188. The average Bonchev–Trinajstić information content (AvgIpc) is 2.93. The van der Waals surface area contributed by atoms with Gasteiger partial charge in [0.25, 0.3) is 0 Å². The van der Waals surface area contributed by atoms with Crippen LogP contribution in [0.2, 0.25) is 43.8 Å². The molecule has 0 aliphatic heterocycles. The minimum atomic E-state index is -1.98. The Morgan fingerprint density at radius 3 is 2.36 bits per heavy atom. The first kappa shape index (κ1) is 25.0. The highest BCUT2D eigenvalue weighted by Gasteiger charge is 2.39. The maximum atomic E-state index is 12.1. The Hall–Kier alpha value is -1.03. The molecule has 5 nitrogen and oxygen atoms in total. The van der Waals surface area contributed by atoms with Crippen molar-refractivity contribution in [1.82, 2.24) is 9.78 Å². The molecule has 0 bridgehead atoms. The van der Waals surface area contributed by atoms with E-state index in [1.165, 1.54) is 0 Å². The zero-order chi connectivity index (χ0) is 21.8. The van der Waals surface area contributed by atoms with Crippen molar-refractivity contribution >= 4 is 22.2 Å². The van der Waals surface area contributed by atoms with E-state index in [1.54, 1.807) is 11.6 Å². The molecule has 0 aliphatic rings. The van der Waals surface area contributed by atoms with Gasteiger partial charge in [-0.05, 0) is 36.7 Å². The summed E-state index contributed by atoms with van der Waals surface area (Å²) in [5.41, 5.74) is 1.35. The molecule has 0 N–H and O–H groups in total. The van der Waals surface area contributed by atoms with Crippen molar-refractivity contribution in [2.24, 2.45) is 0 Å². The van der Waals surface area contributed by atoms with Crippen molar-refractivity contribution in [3.05, 3.63) is 30.1 Å². The van der Waals surface area contributed by atoms with Crippen molar-refractivity contribution in [3.63, 3.8) is 0 Å². The predicted molar refractivity (Wildman–Crippen MR) is 122 cm³/mol. The zero-order valence-corrected chi connectivity index (χ0v) is 21.4. The highest BCUT2D eigenvalue weighted by molar-refractivity contribution is 6.76. The molecule has 160 valence electrons. The monoisotopic (exact) mass is 424 g/mol. The summed E-state index contributed by atoms with van der Waals surface area (Å²) in [6, 6.07) is 2.94. The van der Waals surface area contributed by atoms with E-state index in [1.807, 2.05) is 12.1 Å². The van der Waals surface area contributed by atoms with E-state index in [0.717, 1.165) is 11.7 Å². The summed E-state index contributed by atoms with van der Waals surface area (Å²) in [4.78, 5) is 12.1. The minimum Gasteiger partial charge on any atom is -0.408 e. The van der Waals surface area contributed by atoms with Gasteiger partial charge in [0.15, 0.2) is 14.1 Å². The first-order valence-corrected chi connectivity index (χ1v) is 16.7. The average molecular weight is 425 g/mol. The minimum absolute atomic E-state index is 0.0165. The van der Waals surface area contributed by atoms with Crippen molar-refractivity contribution in [2.45, 2.75) is 90.8 Å². The van der Waals surface area contributed by atoms with E-state index >= 15 is 0 Å². The summed E-state index contributed by atoms with van der Waals surface area (Å²) >= 11 is 0. The van der Waals surface area contributed by atoms with Crippen LogP contribution in [0.3, 0.4) is 0 Å². The molecule has 0 fully saturated rings. The van der Waals surface area contributed by atoms with Gasteiger partial charge < -0.3 is 9.16 Å². The lowest BCUT2D eigenvalue weighted by Gasteiger charge is -2.38. The lowest BCUT2D eigenvalue weighted by atomic mass is 10.1. The maximum Gasteiger partial charge on any atom is 0.193 e. The van der Waals surface area contributed by atoms with Crippen LogP contribution in [0.4, 0.5) is 0 Å². The van der Waals surface area contributed by atoms with Gasteiger partial charge >= 0.3 is 0 Å². The number of hydrogen-bond acceptors (Lipinski definition) is 4. The second kappa shape index (κ2) is 9.65. The predicted octanol–water partition coefficient (Wildman–Crippen LogP) is 6.04. The normalized spacial score (nSPS) is 14.2. The van der Waals surface area contributed by atoms with Gasteiger partial charge in [0, 0.05) is 21.6 Å². The molecular weight excluding hydrogens is 384 g/mol. The summed E-state index contributed by atoms with van der Waals surface area (Å²) in [6.07, 6.45) is 2.33. The molecule has 1 rings (SSSR count). The van der Waals surface area contributed by atoms with Crippen LogP contribution in [-0.4, -0.2) is 38.6 Å². The van der Waals surface area contributed by atoms with E-state index in [0.29, 0.717) is 25.5 Å². The number of rotatable bonds is 11. The smallest absolute Gasteiger partial charge is 0.193 e. The van der Waals surface area contributed by atoms with Gasteiger partial charge in [-0.1, -0.05) is 46.5 Å². The Balaban J connectivity index is 3.03. The number of carbonyl (C=O) groups is 1. The first-order valence-electron chi connectivity index (χ1n) is 10.1. The number of ether oxygens (including phenoxy) is 1. The van der Waals surface area contributed by atoms with Crippen LogP contribution >= 0.6 is 0 Å². The van der Waals surface area contributed by atoms with Gasteiger partial charge in [0.2, 0.25) is 0 Å². The van der Waals surface area contributed by atoms with Crippen molar-refractivity contribution in [3.8, 4) is 0 Å². The lowest BCUT2D eigenvalue weighted by Crippen LogP contribution is -2.41. The van der Waals surface area contributed by atoms with E-state index < -0.39 is 16.4 Å². The SMILES string of the molecule is C=CCC(O[Si](C)(C)C(C)(C)C)c1cc(C(C)=O)n(COCC[Si](C)(C)C)n1. The molecule has 1 aromatic rings. The second-order valence-corrected chi connectivity index (χ2v) is 20.6. The van der Waals surface area contributed by atoms with Crippen LogP contribution < -0.4 is 0 Å². The molecule has 1 heterocycles. The topological polar surface area (TPSA) is 53.4 Å². The van der Waals surface area contributed by atoms with Crippen LogP contribution in [0.5, 0.6) is 0 Å². The molecule has 1 aromatic heterocycles. The standard InChI is InChI=1S/C21H40N2O3Si2/c1-11-12-20(26-28(9,10)21(3,4)5)18-15-19(17(2)24)23(22-18)16-25-13-14-27(6,7)8/h11,15,20H,1,12-14,16H2,2-10H3. The van der Waals surface area contributed by atoms with Gasteiger partial charge in [-0.15, -0.1) is 6.58 Å². The maximum absolute atomic E-state index is 12.1. The number of nitrogens with zero attached hydrogens (tertiary/aromatic N) is 2. The zero-order valence-electron chi connectivity index (χ0n) is 19.4. The third kappa shape index (κ3) is 7.42. The Morgan fingerprint density at radius 1 is 1.29 bits per heavy atom. The number of Topliss-reactive ketones (excluding diaryl/α,β-unsaturated/α-hetero) is 1. The van der Waals surface area contributed by atoms with E-state index in [4.69, 9.17) is 9.16 Å². The number of carbonyl (C=O) groups excluding carboxylic acids is 1. The van der Waals surface area contributed by atoms with Crippen molar-refractivity contribution in [2.75, 3.05) is 6.61 Å². The highest BCUT2D eigenvalue weighted by Crippen LogP contribution is 2.40. The van der Waals surface area contributed by atoms with Gasteiger partial charge in [0.1, 0.15) is 12.4 Å². The van der Waals surface area contributed by atoms with Crippen molar-refractivity contribution in [1.29, 1.82) is 0 Å². The van der Waals surface area contributed by atoms with Gasteiger partial charge in [-0.25, -0.2) is 4.68 Å². The molecule has 1 unspecified atom stereocenters. The largest absolute Gasteiger partial charge is 0.408 e. The highest BCUT2D eigenvalue weighted by atomic mass is 28.4. The molecule has 0 aromatic carbocycles. The molecule has 7 heteroatoms. The van der Waals surface area contributed by atoms with Gasteiger partial charge in [0.05, 0.1) is 11.8 Å². The molecule has 1 atom stereocenters.